The van der Waals surface area contributed by atoms with Crippen LogP contribution >= 0.6 is 0 Å². The van der Waals surface area contributed by atoms with Crippen molar-refractivity contribution >= 4 is 6.08 Å². The molecule has 0 amide bonds. The first-order valence-electron chi connectivity index (χ1n) is 9.42. The Balaban J connectivity index is 1.51. The van der Waals surface area contributed by atoms with Crippen LogP contribution in [0.3, 0.4) is 0 Å². The van der Waals surface area contributed by atoms with Crippen LogP contribution in [-0.2, 0) is 31.1 Å². The SMILES string of the molecule is CC([CH]([Zr])c1cccc2c1Cc1ccccc1-2)C1C=Cc2ccccc21. The van der Waals surface area contributed by atoms with Crippen LogP contribution in [0.1, 0.15) is 44.3 Å². The topological polar surface area (TPSA) is 0 Å². The molecule has 1 heteroatoms. The van der Waals surface area contributed by atoms with Crippen molar-refractivity contribution in [2.75, 3.05) is 0 Å². The number of hydrogen-bond donors (Lipinski definition) is 0. The predicted molar refractivity (Wildman–Crippen MR) is 105 cm³/mol. The van der Waals surface area contributed by atoms with Crippen LogP contribution in [0.25, 0.3) is 17.2 Å². The fraction of sp³-hybridized carbons (Fsp3) is 0.200. The second-order valence-electron chi connectivity index (χ2n) is 7.56. The molecule has 2 aliphatic rings. The van der Waals surface area contributed by atoms with E-state index in [1.54, 1.807) is 35.8 Å². The van der Waals surface area contributed by atoms with Gasteiger partial charge >= 0.3 is 171 Å². The molecular formula is C25H21Zr. The molecule has 0 nitrogen and oxygen atoms in total. The van der Waals surface area contributed by atoms with Gasteiger partial charge in [-0.15, -0.1) is 0 Å². The third kappa shape index (κ3) is 2.52. The minimum atomic E-state index is 0.537. The molecule has 3 atom stereocenters. The molecule has 0 saturated heterocycles. The van der Waals surface area contributed by atoms with Gasteiger partial charge < -0.3 is 0 Å². The zero-order chi connectivity index (χ0) is 17.7. The monoisotopic (exact) mass is 411 g/mol. The van der Waals surface area contributed by atoms with Gasteiger partial charge in [0.05, 0.1) is 0 Å². The summed E-state index contributed by atoms with van der Waals surface area (Å²) in [6, 6.07) is 24.7. The van der Waals surface area contributed by atoms with Gasteiger partial charge in [0.1, 0.15) is 0 Å². The first-order valence-corrected chi connectivity index (χ1v) is 10.8. The number of rotatable bonds is 3. The molecular weight excluding hydrogens is 391 g/mol. The normalized spacial score (nSPS) is 18.8. The molecule has 5 rings (SSSR count). The van der Waals surface area contributed by atoms with Crippen molar-refractivity contribution in [3.05, 3.63) is 101 Å². The number of fused-ring (bicyclic) bond motifs is 4. The van der Waals surface area contributed by atoms with Crippen LogP contribution in [0.5, 0.6) is 0 Å². The Labute approximate surface area is 170 Å². The molecule has 0 aliphatic heterocycles. The molecule has 0 heterocycles. The molecule has 2 aliphatic carbocycles. The van der Waals surface area contributed by atoms with Gasteiger partial charge in [0.2, 0.25) is 0 Å². The summed E-state index contributed by atoms with van der Waals surface area (Å²) in [5, 5.41) is 0. The van der Waals surface area contributed by atoms with E-state index in [-0.39, 0.29) is 0 Å². The average Bonchev–Trinajstić information content (AvgIpc) is 3.28. The predicted octanol–water partition coefficient (Wildman–Crippen LogP) is 6.29. The molecule has 0 N–H and O–H groups in total. The summed E-state index contributed by atoms with van der Waals surface area (Å²) in [6.07, 6.45) is 5.82. The summed E-state index contributed by atoms with van der Waals surface area (Å²) >= 11 is 1.62. The van der Waals surface area contributed by atoms with Crippen molar-refractivity contribution in [1.29, 1.82) is 0 Å². The van der Waals surface area contributed by atoms with Crippen molar-refractivity contribution in [1.82, 2.24) is 0 Å². The third-order valence-electron chi connectivity index (χ3n) is 6.15. The molecule has 26 heavy (non-hydrogen) atoms. The summed E-state index contributed by atoms with van der Waals surface area (Å²) in [7, 11) is 0. The Morgan fingerprint density at radius 3 is 2.58 bits per heavy atom. The van der Waals surface area contributed by atoms with Gasteiger partial charge in [0, 0.05) is 0 Å². The minimum absolute atomic E-state index is 0.537. The zero-order valence-electron chi connectivity index (χ0n) is 14.9. The summed E-state index contributed by atoms with van der Waals surface area (Å²) in [5.41, 5.74) is 10.4. The quantitative estimate of drug-likeness (QED) is 0.371. The molecule has 125 valence electrons. The van der Waals surface area contributed by atoms with E-state index in [0.29, 0.717) is 15.5 Å². The average molecular weight is 413 g/mol. The van der Waals surface area contributed by atoms with E-state index in [4.69, 9.17) is 0 Å². The van der Waals surface area contributed by atoms with Crippen LogP contribution in [0.15, 0.2) is 72.8 Å². The second-order valence-corrected chi connectivity index (χ2v) is 9.09. The Hall–Kier alpha value is -1.72. The maximum absolute atomic E-state index is 2.44. The molecule has 3 aromatic carbocycles. The van der Waals surface area contributed by atoms with E-state index in [2.05, 4.69) is 85.8 Å². The molecule has 0 radical (unpaired) electrons. The number of hydrogen-bond acceptors (Lipinski definition) is 0. The van der Waals surface area contributed by atoms with Gasteiger partial charge in [-0.25, -0.2) is 0 Å². The van der Waals surface area contributed by atoms with E-state index < -0.39 is 0 Å². The molecule has 0 bridgehead atoms. The fourth-order valence-corrected chi connectivity index (χ4v) is 5.87. The van der Waals surface area contributed by atoms with E-state index in [9.17, 15) is 0 Å². The zero-order valence-corrected chi connectivity index (χ0v) is 17.4. The molecule has 3 unspecified atom stereocenters. The Bertz CT molecular complexity index is 1010. The first kappa shape index (κ1) is 16.5. The van der Waals surface area contributed by atoms with Crippen LogP contribution in [0.2, 0.25) is 0 Å². The van der Waals surface area contributed by atoms with Gasteiger partial charge in [-0.05, 0) is 0 Å². The van der Waals surface area contributed by atoms with Crippen molar-refractivity contribution in [3.8, 4) is 11.1 Å². The summed E-state index contributed by atoms with van der Waals surface area (Å²) in [5.74, 6) is 1.15. The van der Waals surface area contributed by atoms with Crippen LogP contribution < -0.4 is 0 Å². The third-order valence-corrected chi connectivity index (χ3v) is 8.21. The van der Waals surface area contributed by atoms with Gasteiger partial charge in [-0.2, -0.15) is 0 Å². The Morgan fingerprint density at radius 1 is 0.885 bits per heavy atom. The van der Waals surface area contributed by atoms with Gasteiger partial charge in [-0.3, -0.25) is 0 Å². The summed E-state index contributed by atoms with van der Waals surface area (Å²) in [6.45, 7) is 2.44. The van der Waals surface area contributed by atoms with Crippen LogP contribution in [0.4, 0.5) is 0 Å². The number of benzene rings is 3. The molecule has 3 aromatic rings. The molecule has 0 saturated carbocycles. The van der Waals surface area contributed by atoms with Crippen molar-refractivity contribution in [2.45, 2.75) is 22.9 Å². The maximum atomic E-state index is 2.44. The van der Waals surface area contributed by atoms with E-state index >= 15 is 0 Å². The van der Waals surface area contributed by atoms with E-state index in [0.717, 1.165) is 6.42 Å². The summed E-state index contributed by atoms with van der Waals surface area (Å²) in [4.78, 5) is 0. The number of allylic oxidation sites excluding steroid dienone is 1. The molecule has 0 aromatic heterocycles. The van der Waals surface area contributed by atoms with Crippen molar-refractivity contribution in [2.24, 2.45) is 5.92 Å². The van der Waals surface area contributed by atoms with E-state index in [1.807, 2.05) is 0 Å². The fourth-order valence-electron chi connectivity index (χ4n) is 4.70. The van der Waals surface area contributed by atoms with Gasteiger partial charge in [0.25, 0.3) is 0 Å². The van der Waals surface area contributed by atoms with E-state index in [1.165, 1.54) is 27.8 Å². The van der Waals surface area contributed by atoms with Crippen LogP contribution in [0, 0.1) is 5.92 Å². The standard InChI is InChI=1S/C25H21.Zr/c1-17(21-14-13-18-7-2-4-10-22(18)21)15-19-9-6-12-24-23-11-5-3-8-20(23)16-25(19)24;/h2-15,17,21H,16H2,1H3;. The van der Waals surface area contributed by atoms with Gasteiger partial charge in [0.15, 0.2) is 0 Å². The van der Waals surface area contributed by atoms with Gasteiger partial charge in [-0.1, -0.05) is 0 Å². The molecule has 0 spiro atoms. The molecule has 0 fully saturated rings. The Kier molecular flexibility index (Phi) is 4.09. The first-order chi connectivity index (χ1) is 12.7. The van der Waals surface area contributed by atoms with Crippen molar-refractivity contribution in [3.63, 3.8) is 0 Å². The van der Waals surface area contributed by atoms with Crippen LogP contribution in [-0.4, -0.2) is 0 Å². The second kappa shape index (κ2) is 6.47. The Morgan fingerprint density at radius 2 is 1.65 bits per heavy atom. The van der Waals surface area contributed by atoms with Crippen molar-refractivity contribution < 1.29 is 24.7 Å². The summed E-state index contributed by atoms with van der Waals surface area (Å²) < 4.78 is 0.618.